The van der Waals surface area contributed by atoms with Crippen LogP contribution in [-0.4, -0.2) is 14.1 Å². The van der Waals surface area contributed by atoms with Gasteiger partial charge in [0.15, 0.2) is 0 Å². The highest BCUT2D eigenvalue weighted by atomic mass is 35.5. The predicted molar refractivity (Wildman–Crippen MR) is 86.1 cm³/mol. The van der Waals surface area contributed by atoms with Gasteiger partial charge in [-0.05, 0) is 55.9 Å². The van der Waals surface area contributed by atoms with E-state index in [-0.39, 0.29) is 4.90 Å². The third-order valence-corrected chi connectivity index (χ3v) is 5.30. The van der Waals surface area contributed by atoms with Crippen LogP contribution < -0.4 is 4.83 Å². The minimum atomic E-state index is -3.60. The molecule has 2 rings (SSSR count). The zero-order valence-electron chi connectivity index (χ0n) is 12.2. The highest BCUT2D eigenvalue weighted by Crippen LogP contribution is 2.26. The molecule has 1 aromatic carbocycles. The summed E-state index contributed by atoms with van der Waals surface area (Å²) in [6, 6.07) is 6.06. The van der Waals surface area contributed by atoms with Crippen LogP contribution in [0.1, 0.15) is 45.4 Å². The van der Waals surface area contributed by atoms with E-state index in [2.05, 4.69) is 16.9 Å². The smallest absolute Gasteiger partial charge is 0.200 e. The van der Waals surface area contributed by atoms with Crippen molar-refractivity contribution < 1.29 is 8.42 Å². The highest BCUT2D eigenvalue weighted by Gasteiger charge is 2.18. The summed E-state index contributed by atoms with van der Waals surface area (Å²) in [4.78, 5) is 2.51. The molecule has 0 atom stereocenters. The van der Waals surface area contributed by atoms with Crippen LogP contribution in [-0.2, 0) is 10.0 Å². The zero-order chi connectivity index (χ0) is 15.3. The van der Waals surface area contributed by atoms with Gasteiger partial charge in [0.05, 0.1) is 4.90 Å². The molecule has 1 saturated carbocycles. The summed E-state index contributed by atoms with van der Waals surface area (Å²) in [5, 5.41) is 4.60. The second-order valence-corrected chi connectivity index (χ2v) is 7.56. The lowest BCUT2D eigenvalue weighted by molar-refractivity contribution is 0.407. The lowest BCUT2D eigenvalue weighted by Gasteiger charge is -2.22. The van der Waals surface area contributed by atoms with Crippen LogP contribution in [0, 0.1) is 5.92 Å². The molecule has 4 nitrogen and oxygen atoms in total. The SMILES string of the molecule is CCCC1CCC(=NNS(=O)(=O)c2ccc(Cl)cc2)CC1. The molecule has 0 unspecified atom stereocenters. The standard InChI is InChI=1S/C15H21ClN2O2S/c1-2-3-12-4-8-14(9-5-12)17-18-21(19,20)15-10-6-13(16)7-11-15/h6-7,10-12,18H,2-5,8-9H2,1H3. The summed E-state index contributed by atoms with van der Waals surface area (Å²) >= 11 is 5.76. The van der Waals surface area contributed by atoms with Crippen molar-refractivity contribution in [3.05, 3.63) is 29.3 Å². The molecule has 6 heteroatoms. The topological polar surface area (TPSA) is 58.5 Å². The van der Waals surface area contributed by atoms with Crippen LogP contribution in [0.25, 0.3) is 0 Å². The van der Waals surface area contributed by atoms with Gasteiger partial charge in [0.2, 0.25) is 0 Å². The highest BCUT2D eigenvalue weighted by molar-refractivity contribution is 7.89. The number of rotatable bonds is 5. The molecule has 1 aliphatic rings. The van der Waals surface area contributed by atoms with Crippen molar-refractivity contribution in [2.75, 3.05) is 0 Å². The molecule has 116 valence electrons. The Morgan fingerprint density at radius 1 is 1.24 bits per heavy atom. The van der Waals surface area contributed by atoms with E-state index < -0.39 is 10.0 Å². The van der Waals surface area contributed by atoms with Gasteiger partial charge in [0, 0.05) is 10.7 Å². The van der Waals surface area contributed by atoms with Gasteiger partial charge in [-0.15, -0.1) is 0 Å². The fraction of sp³-hybridized carbons (Fsp3) is 0.533. The van der Waals surface area contributed by atoms with Gasteiger partial charge < -0.3 is 0 Å². The van der Waals surface area contributed by atoms with Crippen molar-refractivity contribution >= 4 is 27.3 Å². The second-order valence-electron chi connectivity index (χ2n) is 5.46. The average molecular weight is 329 g/mol. The van der Waals surface area contributed by atoms with Crippen LogP contribution in [0.15, 0.2) is 34.3 Å². The third kappa shape index (κ3) is 4.71. The van der Waals surface area contributed by atoms with E-state index in [1.54, 1.807) is 12.1 Å². The predicted octanol–water partition coefficient (Wildman–Crippen LogP) is 3.96. The lowest BCUT2D eigenvalue weighted by Crippen LogP contribution is -2.22. The quantitative estimate of drug-likeness (QED) is 0.831. The number of hydrogen-bond donors (Lipinski definition) is 1. The van der Waals surface area contributed by atoms with Crippen LogP contribution in [0.2, 0.25) is 5.02 Å². The molecular formula is C15H21ClN2O2S. The maximum absolute atomic E-state index is 12.1. The summed E-state index contributed by atoms with van der Waals surface area (Å²) in [6.07, 6.45) is 6.44. The Hall–Kier alpha value is -1.07. The lowest BCUT2D eigenvalue weighted by atomic mass is 9.85. The Morgan fingerprint density at radius 2 is 1.86 bits per heavy atom. The van der Waals surface area contributed by atoms with Crippen molar-refractivity contribution in [2.24, 2.45) is 11.0 Å². The molecule has 0 amide bonds. The fourth-order valence-electron chi connectivity index (χ4n) is 2.61. The van der Waals surface area contributed by atoms with Gasteiger partial charge in [-0.3, -0.25) is 0 Å². The first-order valence-electron chi connectivity index (χ1n) is 7.34. The van der Waals surface area contributed by atoms with E-state index in [4.69, 9.17) is 11.6 Å². The normalized spacial score (nSPS) is 19.3. The number of nitrogens with one attached hydrogen (secondary N) is 1. The van der Waals surface area contributed by atoms with Crippen molar-refractivity contribution in [3.8, 4) is 0 Å². The number of hydrogen-bond acceptors (Lipinski definition) is 3. The monoisotopic (exact) mass is 328 g/mol. The summed E-state index contributed by atoms with van der Waals surface area (Å²) < 4.78 is 24.2. The van der Waals surface area contributed by atoms with Gasteiger partial charge >= 0.3 is 0 Å². The third-order valence-electron chi connectivity index (χ3n) is 3.83. The maximum Gasteiger partial charge on any atom is 0.276 e. The Balaban J connectivity index is 1.96. The van der Waals surface area contributed by atoms with E-state index in [0.29, 0.717) is 5.02 Å². The van der Waals surface area contributed by atoms with Crippen LogP contribution in [0.3, 0.4) is 0 Å². The Morgan fingerprint density at radius 3 is 2.43 bits per heavy atom. The van der Waals surface area contributed by atoms with E-state index in [1.807, 2.05) is 0 Å². The first kappa shape index (κ1) is 16.3. The summed E-state index contributed by atoms with van der Waals surface area (Å²) in [5.74, 6) is 0.766. The first-order valence-corrected chi connectivity index (χ1v) is 9.20. The Labute approximate surface area is 131 Å². The Kier molecular flexibility index (Phi) is 5.65. The van der Waals surface area contributed by atoms with E-state index in [1.165, 1.54) is 25.0 Å². The summed E-state index contributed by atoms with van der Waals surface area (Å²) in [5.41, 5.74) is 0.944. The molecule has 0 spiro atoms. The summed E-state index contributed by atoms with van der Waals surface area (Å²) in [6.45, 7) is 2.20. The fourth-order valence-corrected chi connectivity index (χ4v) is 3.59. The van der Waals surface area contributed by atoms with Gasteiger partial charge in [-0.1, -0.05) is 31.4 Å². The number of sulfonamides is 1. The molecule has 1 aliphatic carbocycles. The number of halogens is 1. The summed E-state index contributed by atoms with van der Waals surface area (Å²) in [7, 11) is -3.60. The molecule has 0 radical (unpaired) electrons. The zero-order valence-corrected chi connectivity index (χ0v) is 13.8. The average Bonchev–Trinajstić information content (AvgIpc) is 2.47. The van der Waals surface area contributed by atoms with Crippen LogP contribution >= 0.6 is 11.6 Å². The molecule has 1 fully saturated rings. The molecule has 21 heavy (non-hydrogen) atoms. The number of nitrogens with zero attached hydrogens (tertiary/aromatic N) is 1. The molecule has 0 aromatic heterocycles. The molecule has 0 aliphatic heterocycles. The largest absolute Gasteiger partial charge is 0.276 e. The van der Waals surface area contributed by atoms with E-state index in [9.17, 15) is 8.42 Å². The van der Waals surface area contributed by atoms with Gasteiger partial charge in [0.1, 0.15) is 0 Å². The van der Waals surface area contributed by atoms with Gasteiger partial charge in [0.25, 0.3) is 10.0 Å². The second kappa shape index (κ2) is 7.27. The molecule has 0 bridgehead atoms. The number of benzene rings is 1. The number of hydrazone groups is 1. The molecule has 0 saturated heterocycles. The molecule has 0 heterocycles. The molecule has 1 aromatic rings. The minimum Gasteiger partial charge on any atom is -0.200 e. The minimum absolute atomic E-state index is 0.177. The van der Waals surface area contributed by atoms with Crippen LogP contribution in [0.5, 0.6) is 0 Å². The van der Waals surface area contributed by atoms with Crippen molar-refractivity contribution in [3.63, 3.8) is 0 Å². The van der Waals surface area contributed by atoms with Crippen LogP contribution in [0.4, 0.5) is 0 Å². The van der Waals surface area contributed by atoms with Gasteiger partial charge in [-0.25, -0.2) is 4.83 Å². The van der Waals surface area contributed by atoms with Crippen molar-refractivity contribution in [1.29, 1.82) is 0 Å². The van der Waals surface area contributed by atoms with Gasteiger partial charge in [-0.2, -0.15) is 13.5 Å². The first-order chi connectivity index (χ1) is 10.0. The van der Waals surface area contributed by atoms with Crippen molar-refractivity contribution in [2.45, 2.75) is 50.3 Å². The van der Waals surface area contributed by atoms with E-state index >= 15 is 0 Å². The maximum atomic E-state index is 12.1. The van der Waals surface area contributed by atoms with Crippen molar-refractivity contribution in [1.82, 2.24) is 4.83 Å². The Bertz CT molecular complexity index is 587. The van der Waals surface area contributed by atoms with E-state index in [0.717, 1.165) is 37.3 Å². The molecular weight excluding hydrogens is 308 g/mol. The molecule has 1 N–H and O–H groups in total.